The number of rotatable bonds is 5. The Labute approximate surface area is 94.0 Å². The van der Waals surface area contributed by atoms with Gasteiger partial charge in [-0.15, -0.1) is 11.6 Å². The molecule has 0 aliphatic rings. The third-order valence-electron chi connectivity index (χ3n) is 2.04. The molecule has 0 bridgehead atoms. The third kappa shape index (κ3) is 3.55. The number of nitrogens with one attached hydrogen (secondary N) is 1. The summed E-state index contributed by atoms with van der Waals surface area (Å²) >= 11 is 5.56. The van der Waals surface area contributed by atoms with Crippen LogP contribution in [0, 0.1) is 5.92 Å². The summed E-state index contributed by atoms with van der Waals surface area (Å²) in [5, 5.41) is 2.71. The SMILES string of the molecule is CCc1cnc(CNC(=O)C(C)CCl)o1. The molecule has 0 saturated carbocycles. The zero-order chi connectivity index (χ0) is 11.3. The van der Waals surface area contributed by atoms with Gasteiger partial charge in [-0.25, -0.2) is 4.98 Å². The second kappa shape index (κ2) is 5.75. The summed E-state index contributed by atoms with van der Waals surface area (Å²) in [6.45, 7) is 4.08. The van der Waals surface area contributed by atoms with Crippen LogP contribution in [0.5, 0.6) is 0 Å². The summed E-state index contributed by atoms with van der Waals surface area (Å²) in [5.41, 5.74) is 0. The van der Waals surface area contributed by atoms with Crippen LogP contribution in [0.15, 0.2) is 10.6 Å². The monoisotopic (exact) mass is 230 g/mol. The third-order valence-corrected chi connectivity index (χ3v) is 2.51. The minimum atomic E-state index is -0.188. The molecule has 1 rings (SSSR count). The van der Waals surface area contributed by atoms with E-state index in [1.165, 1.54) is 0 Å². The summed E-state index contributed by atoms with van der Waals surface area (Å²) in [5.74, 6) is 1.40. The van der Waals surface area contributed by atoms with Gasteiger partial charge < -0.3 is 9.73 Å². The van der Waals surface area contributed by atoms with Crippen molar-refractivity contribution in [3.05, 3.63) is 17.8 Å². The molecule has 0 fully saturated rings. The predicted molar refractivity (Wildman–Crippen MR) is 57.6 cm³/mol. The molecule has 1 atom stereocenters. The first-order chi connectivity index (χ1) is 7.17. The van der Waals surface area contributed by atoms with E-state index in [0.717, 1.165) is 12.2 Å². The van der Waals surface area contributed by atoms with Crippen LogP contribution in [0.25, 0.3) is 0 Å². The maximum atomic E-state index is 11.4. The molecule has 0 saturated heterocycles. The zero-order valence-electron chi connectivity index (χ0n) is 8.92. The van der Waals surface area contributed by atoms with Crippen molar-refractivity contribution in [2.24, 2.45) is 5.92 Å². The van der Waals surface area contributed by atoms with E-state index >= 15 is 0 Å². The number of oxazole rings is 1. The van der Waals surface area contributed by atoms with E-state index in [4.69, 9.17) is 16.0 Å². The summed E-state index contributed by atoms with van der Waals surface area (Å²) < 4.78 is 5.34. The van der Waals surface area contributed by atoms with Crippen LogP contribution in [0.3, 0.4) is 0 Å². The quantitative estimate of drug-likeness (QED) is 0.784. The topological polar surface area (TPSA) is 55.1 Å². The smallest absolute Gasteiger partial charge is 0.224 e. The fourth-order valence-electron chi connectivity index (χ4n) is 1.00. The van der Waals surface area contributed by atoms with Gasteiger partial charge in [-0.3, -0.25) is 4.79 Å². The second-order valence-corrected chi connectivity index (χ2v) is 3.66. The van der Waals surface area contributed by atoms with Gasteiger partial charge in [-0.05, 0) is 0 Å². The molecule has 1 unspecified atom stereocenters. The van der Waals surface area contributed by atoms with Crippen molar-refractivity contribution in [3.63, 3.8) is 0 Å². The van der Waals surface area contributed by atoms with Crippen molar-refractivity contribution in [1.82, 2.24) is 10.3 Å². The molecule has 84 valence electrons. The highest BCUT2D eigenvalue weighted by Crippen LogP contribution is 2.04. The summed E-state index contributed by atoms with van der Waals surface area (Å²) in [6, 6.07) is 0. The Kier molecular flexibility index (Phi) is 4.62. The van der Waals surface area contributed by atoms with E-state index in [1.54, 1.807) is 13.1 Å². The first-order valence-electron chi connectivity index (χ1n) is 4.94. The lowest BCUT2D eigenvalue weighted by molar-refractivity contribution is -0.124. The van der Waals surface area contributed by atoms with E-state index < -0.39 is 0 Å². The molecule has 1 amide bonds. The molecule has 0 radical (unpaired) electrons. The number of carbonyl (C=O) groups is 1. The van der Waals surface area contributed by atoms with Gasteiger partial charge >= 0.3 is 0 Å². The lowest BCUT2D eigenvalue weighted by Gasteiger charge is -2.06. The first kappa shape index (κ1) is 12.0. The number of halogens is 1. The molecule has 1 aromatic rings. The number of nitrogens with zero attached hydrogens (tertiary/aromatic N) is 1. The standard InChI is InChI=1S/C10H15ClN2O2/c1-3-8-5-12-9(15-8)6-13-10(14)7(2)4-11/h5,7H,3-4,6H2,1-2H3,(H,13,14). The van der Waals surface area contributed by atoms with Gasteiger partial charge in [0.25, 0.3) is 0 Å². The number of hydrogen-bond donors (Lipinski definition) is 1. The van der Waals surface area contributed by atoms with Crippen LogP contribution in [-0.2, 0) is 17.8 Å². The van der Waals surface area contributed by atoms with Gasteiger partial charge in [0.15, 0.2) is 0 Å². The van der Waals surface area contributed by atoms with Crippen molar-refractivity contribution in [1.29, 1.82) is 0 Å². The van der Waals surface area contributed by atoms with Crippen LogP contribution in [0.2, 0.25) is 0 Å². The molecule has 0 aromatic carbocycles. The second-order valence-electron chi connectivity index (χ2n) is 3.35. The van der Waals surface area contributed by atoms with Crippen LogP contribution >= 0.6 is 11.6 Å². The molecule has 15 heavy (non-hydrogen) atoms. The largest absolute Gasteiger partial charge is 0.444 e. The van der Waals surface area contributed by atoms with Crippen molar-refractivity contribution in [2.45, 2.75) is 26.8 Å². The van der Waals surface area contributed by atoms with Crippen LogP contribution in [-0.4, -0.2) is 16.8 Å². The highest BCUT2D eigenvalue weighted by Gasteiger charge is 2.11. The average Bonchev–Trinajstić information content (AvgIpc) is 2.72. The molecule has 0 aliphatic carbocycles. The Balaban J connectivity index is 2.40. The number of aromatic nitrogens is 1. The minimum absolute atomic E-state index is 0.0822. The van der Waals surface area contributed by atoms with Crippen LogP contribution < -0.4 is 5.32 Å². The number of alkyl halides is 1. The van der Waals surface area contributed by atoms with Crippen molar-refractivity contribution >= 4 is 17.5 Å². The fraction of sp³-hybridized carbons (Fsp3) is 0.600. The Bertz CT molecular complexity index is 325. The highest BCUT2D eigenvalue weighted by molar-refractivity contribution is 6.19. The molecular formula is C10H15ClN2O2. The molecule has 1 N–H and O–H groups in total. The van der Waals surface area contributed by atoms with Crippen molar-refractivity contribution in [2.75, 3.05) is 5.88 Å². The number of amides is 1. The highest BCUT2D eigenvalue weighted by atomic mass is 35.5. The number of aryl methyl sites for hydroxylation is 1. The van der Waals surface area contributed by atoms with Gasteiger partial charge in [0.1, 0.15) is 5.76 Å². The maximum Gasteiger partial charge on any atom is 0.224 e. The number of hydrogen-bond acceptors (Lipinski definition) is 3. The predicted octanol–water partition coefficient (Wildman–Crippen LogP) is 1.73. The minimum Gasteiger partial charge on any atom is -0.444 e. The van der Waals surface area contributed by atoms with Crippen LogP contribution in [0.1, 0.15) is 25.5 Å². The summed E-state index contributed by atoms with van der Waals surface area (Å²) in [6.07, 6.45) is 2.48. The Morgan fingerprint density at radius 3 is 3.00 bits per heavy atom. The lowest BCUT2D eigenvalue weighted by atomic mass is 10.2. The van der Waals surface area contributed by atoms with E-state index in [9.17, 15) is 4.79 Å². The lowest BCUT2D eigenvalue weighted by Crippen LogP contribution is -2.29. The molecule has 4 nitrogen and oxygen atoms in total. The Morgan fingerprint density at radius 2 is 2.47 bits per heavy atom. The van der Waals surface area contributed by atoms with E-state index in [2.05, 4.69) is 10.3 Å². The maximum absolute atomic E-state index is 11.4. The first-order valence-corrected chi connectivity index (χ1v) is 5.48. The van der Waals surface area contributed by atoms with Gasteiger partial charge in [0.05, 0.1) is 12.7 Å². The van der Waals surface area contributed by atoms with Gasteiger partial charge in [-0.1, -0.05) is 13.8 Å². The Morgan fingerprint density at radius 1 is 1.73 bits per heavy atom. The van der Waals surface area contributed by atoms with E-state index in [0.29, 0.717) is 18.3 Å². The van der Waals surface area contributed by atoms with Gasteiger partial charge in [0, 0.05) is 18.2 Å². The fourth-order valence-corrected chi connectivity index (χ4v) is 1.14. The number of carbonyl (C=O) groups excluding carboxylic acids is 1. The molecule has 1 heterocycles. The van der Waals surface area contributed by atoms with E-state index in [-0.39, 0.29) is 11.8 Å². The van der Waals surface area contributed by atoms with Crippen molar-refractivity contribution < 1.29 is 9.21 Å². The molecular weight excluding hydrogens is 216 g/mol. The Hall–Kier alpha value is -1.03. The summed E-state index contributed by atoms with van der Waals surface area (Å²) in [7, 11) is 0. The van der Waals surface area contributed by atoms with Crippen LogP contribution in [0.4, 0.5) is 0 Å². The molecule has 5 heteroatoms. The summed E-state index contributed by atoms with van der Waals surface area (Å²) in [4.78, 5) is 15.4. The van der Waals surface area contributed by atoms with Gasteiger partial charge in [0.2, 0.25) is 11.8 Å². The van der Waals surface area contributed by atoms with Gasteiger partial charge in [-0.2, -0.15) is 0 Å². The average molecular weight is 231 g/mol. The molecule has 1 aromatic heterocycles. The molecule has 0 aliphatic heterocycles. The molecule has 0 spiro atoms. The zero-order valence-corrected chi connectivity index (χ0v) is 9.67. The van der Waals surface area contributed by atoms with Crippen molar-refractivity contribution in [3.8, 4) is 0 Å². The van der Waals surface area contributed by atoms with E-state index in [1.807, 2.05) is 6.92 Å². The normalized spacial score (nSPS) is 12.5.